The van der Waals surface area contributed by atoms with Gasteiger partial charge in [0.2, 0.25) is 0 Å². The number of amides is 1. The SMILES string of the molecule is COc1ccc(NC(=O)c2cccc(C)[n+]2[O-])cc1. The minimum atomic E-state index is -0.441. The number of aromatic nitrogens is 1. The monoisotopic (exact) mass is 258 g/mol. The van der Waals surface area contributed by atoms with Crippen molar-refractivity contribution in [1.29, 1.82) is 0 Å². The summed E-state index contributed by atoms with van der Waals surface area (Å²) in [7, 11) is 1.57. The Kier molecular flexibility index (Phi) is 3.66. The minimum Gasteiger partial charge on any atom is -0.618 e. The van der Waals surface area contributed by atoms with E-state index in [-0.39, 0.29) is 5.69 Å². The number of carbonyl (C=O) groups is 1. The van der Waals surface area contributed by atoms with Crippen LogP contribution in [0.4, 0.5) is 5.69 Å². The molecule has 2 rings (SSSR count). The number of aryl methyl sites for hydroxylation is 1. The molecule has 1 aromatic carbocycles. The van der Waals surface area contributed by atoms with Crippen molar-refractivity contribution in [2.45, 2.75) is 6.92 Å². The highest BCUT2D eigenvalue weighted by Crippen LogP contribution is 2.15. The number of anilines is 1. The fraction of sp³-hybridized carbons (Fsp3) is 0.143. The van der Waals surface area contributed by atoms with Gasteiger partial charge in [0, 0.05) is 24.7 Å². The average Bonchev–Trinajstić information content (AvgIpc) is 2.42. The summed E-state index contributed by atoms with van der Waals surface area (Å²) in [5, 5.41) is 14.4. The molecule has 0 radical (unpaired) electrons. The van der Waals surface area contributed by atoms with Gasteiger partial charge in [-0.15, -0.1) is 0 Å². The zero-order valence-corrected chi connectivity index (χ0v) is 10.7. The van der Waals surface area contributed by atoms with Crippen molar-refractivity contribution in [2.75, 3.05) is 12.4 Å². The van der Waals surface area contributed by atoms with E-state index in [1.165, 1.54) is 6.07 Å². The molecule has 0 unspecified atom stereocenters. The van der Waals surface area contributed by atoms with Crippen LogP contribution >= 0.6 is 0 Å². The quantitative estimate of drug-likeness (QED) is 0.675. The molecular weight excluding hydrogens is 244 g/mol. The smallest absolute Gasteiger partial charge is 0.321 e. The first-order valence-electron chi connectivity index (χ1n) is 5.76. The van der Waals surface area contributed by atoms with Gasteiger partial charge in [0.1, 0.15) is 5.75 Å². The molecule has 0 aliphatic rings. The largest absolute Gasteiger partial charge is 0.618 e. The summed E-state index contributed by atoms with van der Waals surface area (Å²) in [5.41, 5.74) is 1.14. The predicted octanol–water partition coefficient (Wildman–Crippen LogP) is 1.89. The standard InChI is InChI=1S/C14H14N2O3/c1-10-4-3-5-13(16(10)18)14(17)15-11-6-8-12(19-2)9-7-11/h3-9H,1-2H3,(H,15,17). The summed E-state index contributed by atoms with van der Waals surface area (Å²) in [6.07, 6.45) is 0. The molecule has 0 aliphatic carbocycles. The Morgan fingerprint density at radius 2 is 1.89 bits per heavy atom. The topological polar surface area (TPSA) is 65.3 Å². The first-order chi connectivity index (χ1) is 9.11. The van der Waals surface area contributed by atoms with Gasteiger partial charge in [0.25, 0.3) is 5.69 Å². The second-order valence-corrected chi connectivity index (χ2v) is 4.03. The summed E-state index contributed by atoms with van der Waals surface area (Å²) in [6, 6.07) is 11.7. The summed E-state index contributed by atoms with van der Waals surface area (Å²) in [5.74, 6) is 0.260. The lowest BCUT2D eigenvalue weighted by Gasteiger charge is -2.08. The van der Waals surface area contributed by atoms with Crippen LogP contribution in [0.2, 0.25) is 0 Å². The molecule has 1 heterocycles. The molecule has 0 saturated carbocycles. The Labute approximate surface area is 111 Å². The lowest BCUT2D eigenvalue weighted by molar-refractivity contribution is -0.614. The van der Waals surface area contributed by atoms with E-state index < -0.39 is 5.91 Å². The van der Waals surface area contributed by atoms with E-state index in [1.54, 1.807) is 50.4 Å². The molecule has 0 bridgehead atoms. The average molecular weight is 258 g/mol. The molecular formula is C14H14N2O3. The molecule has 5 heteroatoms. The van der Waals surface area contributed by atoms with E-state index in [0.717, 1.165) is 0 Å². The van der Waals surface area contributed by atoms with E-state index in [1.807, 2.05) is 0 Å². The predicted molar refractivity (Wildman–Crippen MR) is 71.1 cm³/mol. The number of hydrogen-bond acceptors (Lipinski definition) is 3. The zero-order chi connectivity index (χ0) is 13.8. The van der Waals surface area contributed by atoms with Gasteiger partial charge in [-0.25, -0.2) is 0 Å². The van der Waals surface area contributed by atoms with Crippen molar-refractivity contribution in [3.8, 4) is 5.75 Å². The normalized spacial score (nSPS) is 10.0. The fourth-order valence-corrected chi connectivity index (χ4v) is 1.64. The molecule has 0 atom stereocenters. The number of benzene rings is 1. The number of methoxy groups -OCH3 is 1. The van der Waals surface area contributed by atoms with Crippen LogP contribution in [-0.2, 0) is 0 Å². The van der Waals surface area contributed by atoms with Crippen molar-refractivity contribution in [3.63, 3.8) is 0 Å². The molecule has 98 valence electrons. The molecule has 5 nitrogen and oxygen atoms in total. The number of hydrogen-bond donors (Lipinski definition) is 1. The molecule has 2 aromatic rings. The Hall–Kier alpha value is -2.56. The van der Waals surface area contributed by atoms with Crippen molar-refractivity contribution in [2.24, 2.45) is 0 Å². The lowest BCUT2D eigenvalue weighted by Crippen LogP contribution is -2.39. The molecule has 0 aliphatic heterocycles. The lowest BCUT2D eigenvalue weighted by atomic mass is 10.2. The van der Waals surface area contributed by atoms with E-state index in [9.17, 15) is 10.0 Å². The number of ether oxygens (including phenoxy) is 1. The highest BCUT2D eigenvalue weighted by Gasteiger charge is 2.16. The van der Waals surface area contributed by atoms with Gasteiger partial charge >= 0.3 is 5.91 Å². The van der Waals surface area contributed by atoms with Crippen LogP contribution in [0.25, 0.3) is 0 Å². The van der Waals surface area contributed by atoms with Crippen LogP contribution in [0.1, 0.15) is 16.2 Å². The van der Waals surface area contributed by atoms with Gasteiger partial charge in [-0.1, -0.05) is 0 Å². The van der Waals surface area contributed by atoms with Crippen LogP contribution in [0.5, 0.6) is 5.75 Å². The van der Waals surface area contributed by atoms with Gasteiger partial charge in [-0.2, -0.15) is 4.73 Å². The van der Waals surface area contributed by atoms with E-state index >= 15 is 0 Å². The second-order valence-electron chi connectivity index (χ2n) is 4.03. The Morgan fingerprint density at radius 1 is 1.21 bits per heavy atom. The number of rotatable bonds is 3. The second kappa shape index (κ2) is 5.39. The van der Waals surface area contributed by atoms with Gasteiger partial charge in [0.15, 0.2) is 5.69 Å². The molecule has 1 aromatic heterocycles. The molecule has 0 saturated heterocycles. The van der Waals surface area contributed by atoms with E-state index in [4.69, 9.17) is 4.74 Å². The van der Waals surface area contributed by atoms with Crippen molar-refractivity contribution in [3.05, 3.63) is 59.1 Å². The number of nitrogens with one attached hydrogen (secondary N) is 1. The van der Waals surface area contributed by atoms with Gasteiger partial charge < -0.3 is 15.3 Å². The molecule has 1 N–H and O–H groups in total. The first-order valence-corrected chi connectivity index (χ1v) is 5.76. The molecule has 0 fully saturated rings. The number of pyridine rings is 1. The van der Waals surface area contributed by atoms with Crippen LogP contribution < -0.4 is 14.8 Å². The first kappa shape index (κ1) is 12.9. The van der Waals surface area contributed by atoms with E-state index in [0.29, 0.717) is 21.9 Å². The number of carbonyl (C=O) groups excluding carboxylic acids is 1. The summed E-state index contributed by atoms with van der Waals surface area (Å²) in [4.78, 5) is 12.0. The maximum absolute atomic E-state index is 12.0. The fourth-order valence-electron chi connectivity index (χ4n) is 1.64. The van der Waals surface area contributed by atoms with Crippen molar-refractivity contribution < 1.29 is 14.3 Å². The van der Waals surface area contributed by atoms with Crippen LogP contribution in [0.3, 0.4) is 0 Å². The van der Waals surface area contributed by atoms with Crippen LogP contribution in [0.15, 0.2) is 42.5 Å². The Balaban J connectivity index is 2.18. The third kappa shape index (κ3) is 2.82. The Morgan fingerprint density at radius 3 is 2.53 bits per heavy atom. The van der Waals surface area contributed by atoms with Gasteiger partial charge in [-0.05, 0) is 30.3 Å². The van der Waals surface area contributed by atoms with Gasteiger partial charge in [-0.3, -0.25) is 4.79 Å². The molecule has 1 amide bonds. The van der Waals surface area contributed by atoms with Crippen molar-refractivity contribution in [1.82, 2.24) is 0 Å². The van der Waals surface area contributed by atoms with Crippen LogP contribution in [-0.4, -0.2) is 13.0 Å². The summed E-state index contributed by atoms with van der Waals surface area (Å²) in [6.45, 7) is 1.65. The Bertz CT molecular complexity index is 594. The van der Waals surface area contributed by atoms with E-state index in [2.05, 4.69) is 5.32 Å². The van der Waals surface area contributed by atoms with Crippen molar-refractivity contribution >= 4 is 11.6 Å². The van der Waals surface area contributed by atoms with Gasteiger partial charge in [0.05, 0.1) is 7.11 Å². The summed E-state index contributed by atoms with van der Waals surface area (Å²) >= 11 is 0. The highest BCUT2D eigenvalue weighted by molar-refractivity contribution is 6.01. The third-order valence-corrected chi connectivity index (χ3v) is 2.71. The summed E-state index contributed by atoms with van der Waals surface area (Å²) < 4.78 is 5.64. The minimum absolute atomic E-state index is 0.0656. The highest BCUT2D eigenvalue weighted by atomic mass is 16.5. The van der Waals surface area contributed by atoms with Crippen LogP contribution in [0, 0.1) is 12.1 Å². The molecule has 0 spiro atoms. The number of nitrogens with zero attached hydrogens (tertiary/aromatic N) is 1. The zero-order valence-electron chi connectivity index (χ0n) is 10.7. The third-order valence-electron chi connectivity index (χ3n) is 2.71. The molecule has 19 heavy (non-hydrogen) atoms. The maximum Gasteiger partial charge on any atom is 0.321 e. The maximum atomic E-state index is 12.0.